The molecule has 1 saturated heterocycles. The molecule has 1 fully saturated rings. The maximum atomic E-state index is 11.2. The van der Waals surface area contributed by atoms with Crippen molar-refractivity contribution in [3.8, 4) is 0 Å². The molecule has 0 aromatic heterocycles. The molecule has 1 atom stereocenters. The molecular weight excluding hydrogens is 262 g/mol. The molecule has 14 heavy (non-hydrogen) atoms. The maximum Gasteiger partial charge on any atom is 0.231 e. The van der Waals surface area contributed by atoms with Crippen molar-refractivity contribution < 1.29 is 4.79 Å². The van der Waals surface area contributed by atoms with Gasteiger partial charge in [0.15, 0.2) is 0 Å². The third-order valence-corrected chi connectivity index (χ3v) is 4.12. The summed E-state index contributed by atoms with van der Waals surface area (Å²) in [5.74, 6) is 0.660. The van der Waals surface area contributed by atoms with Crippen LogP contribution < -0.4 is 5.32 Å². The molecule has 2 nitrogen and oxygen atoms in total. The van der Waals surface area contributed by atoms with Crippen LogP contribution in [-0.2, 0) is 9.67 Å². The lowest BCUT2D eigenvalue weighted by molar-refractivity contribution is -0.118. The molecule has 0 bridgehead atoms. The summed E-state index contributed by atoms with van der Waals surface area (Å²) in [6, 6.07) is 8.04. The molecule has 0 saturated carbocycles. The Morgan fingerprint density at radius 1 is 1.43 bits per heavy atom. The first-order valence-electron chi connectivity index (χ1n) is 4.31. The number of hydrogen-bond acceptors (Lipinski definition) is 2. The first kappa shape index (κ1) is 10.1. The van der Waals surface area contributed by atoms with Gasteiger partial charge >= 0.3 is 0 Å². The average Bonchev–Trinajstić information content (AvgIpc) is 2.48. The fourth-order valence-corrected chi connectivity index (χ4v) is 2.72. The quantitative estimate of drug-likeness (QED) is 0.851. The van der Waals surface area contributed by atoms with Gasteiger partial charge in [0.05, 0.1) is 5.75 Å². The number of rotatable bonds is 1. The van der Waals surface area contributed by atoms with Crippen LogP contribution in [0.1, 0.15) is 12.5 Å². The van der Waals surface area contributed by atoms with Gasteiger partial charge in [0, 0.05) is 4.47 Å². The van der Waals surface area contributed by atoms with Gasteiger partial charge in [0.1, 0.15) is 4.87 Å². The third kappa shape index (κ3) is 1.81. The molecule has 1 N–H and O–H groups in total. The van der Waals surface area contributed by atoms with E-state index in [2.05, 4.69) is 21.2 Å². The van der Waals surface area contributed by atoms with Crippen LogP contribution in [-0.4, -0.2) is 11.7 Å². The smallest absolute Gasteiger partial charge is 0.231 e. The van der Waals surface area contributed by atoms with Gasteiger partial charge in [-0.1, -0.05) is 28.1 Å². The Kier molecular flexibility index (Phi) is 2.58. The number of carbonyl (C=O) groups is 1. The van der Waals surface area contributed by atoms with E-state index in [0.29, 0.717) is 5.75 Å². The normalized spacial score (nSPS) is 26.3. The summed E-state index contributed by atoms with van der Waals surface area (Å²) in [4.78, 5) is 10.9. The third-order valence-electron chi connectivity index (χ3n) is 2.26. The maximum absolute atomic E-state index is 11.2. The molecule has 1 amide bonds. The highest BCUT2D eigenvalue weighted by atomic mass is 79.9. The van der Waals surface area contributed by atoms with Crippen molar-refractivity contribution in [3.63, 3.8) is 0 Å². The van der Waals surface area contributed by atoms with E-state index in [1.54, 1.807) is 11.8 Å². The molecule has 74 valence electrons. The van der Waals surface area contributed by atoms with Gasteiger partial charge in [-0.15, -0.1) is 11.8 Å². The van der Waals surface area contributed by atoms with Crippen molar-refractivity contribution in [1.82, 2.24) is 5.32 Å². The second kappa shape index (κ2) is 3.59. The molecule has 1 aromatic carbocycles. The summed E-state index contributed by atoms with van der Waals surface area (Å²) in [6.07, 6.45) is 0. The Labute approximate surface area is 95.6 Å². The predicted molar refractivity (Wildman–Crippen MR) is 62.1 cm³/mol. The molecule has 1 aromatic rings. The molecule has 0 unspecified atom stereocenters. The van der Waals surface area contributed by atoms with E-state index in [1.807, 2.05) is 31.2 Å². The zero-order valence-corrected chi connectivity index (χ0v) is 10.1. The van der Waals surface area contributed by atoms with Crippen molar-refractivity contribution >= 4 is 33.6 Å². The number of amides is 1. The lowest BCUT2D eigenvalue weighted by Crippen LogP contribution is -2.33. The van der Waals surface area contributed by atoms with Gasteiger partial charge in [0.25, 0.3) is 0 Å². The Morgan fingerprint density at radius 3 is 2.57 bits per heavy atom. The Bertz CT molecular complexity index is 365. The summed E-state index contributed by atoms with van der Waals surface area (Å²) in [6.45, 7) is 2.03. The summed E-state index contributed by atoms with van der Waals surface area (Å²) in [7, 11) is 0. The molecule has 2 rings (SSSR count). The monoisotopic (exact) mass is 271 g/mol. The fraction of sp³-hybridized carbons (Fsp3) is 0.300. The number of benzene rings is 1. The number of thioether (sulfide) groups is 1. The number of carbonyl (C=O) groups excluding carboxylic acids is 1. The minimum absolute atomic E-state index is 0.111. The minimum atomic E-state index is -0.252. The minimum Gasteiger partial charge on any atom is -0.337 e. The molecule has 1 heterocycles. The Morgan fingerprint density at radius 2 is 2.07 bits per heavy atom. The van der Waals surface area contributed by atoms with Crippen molar-refractivity contribution in [2.24, 2.45) is 0 Å². The first-order valence-corrected chi connectivity index (χ1v) is 6.09. The lowest BCUT2D eigenvalue weighted by atomic mass is 10.1. The molecule has 0 radical (unpaired) electrons. The number of nitrogens with one attached hydrogen (secondary N) is 1. The summed E-state index contributed by atoms with van der Waals surface area (Å²) in [5.41, 5.74) is 1.14. The van der Waals surface area contributed by atoms with Crippen LogP contribution >= 0.6 is 27.7 Å². The number of halogens is 1. The second-order valence-corrected chi connectivity index (χ2v) is 5.69. The highest BCUT2D eigenvalue weighted by Crippen LogP contribution is 2.37. The summed E-state index contributed by atoms with van der Waals surface area (Å²) < 4.78 is 1.05. The van der Waals surface area contributed by atoms with Gasteiger partial charge in [-0.3, -0.25) is 4.79 Å². The zero-order valence-electron chi connectivity index (χ0n) is 7.71. The topological polar surface area (TPSA) is 29.1 Å². The largest absolute Gasteiger partial charge is 0.337 e. The molecular formula is C10H10BrNOS. The Hall–Kier alpha value is -0.480. The highest BCUT2D eigenvalue weighted by molar-refractivity contribution is 9.10. The van der Waals surface area contributed by atoms with Crippen molar-refractivity contribution in [2.75, 3.05) is 5.75 Å². The van der Waals surface area contributed by atoms with Crippen LogP contribution in [0.3, 0.4) is 0 Å². The van der Waals surface area contributed by atoms with E-state index in [-0.39, 0.29) is 10.8 Å². The van der Waals surface area contributed by atoms with Crippen LogP contribution in [0.2, 0.25) is 0 Å². The summed E-state index contributed by atoms with van der Waals surface area (Å²) in [5, 5.41) is 2.97. The number of hydrogen-bond donors (Lipinski definition) is 1. The average molecular weight is 272 g/mol. The second-order valence-electron chi connectivity index (χ2n) is 3.38. The van der Waals surface area contributed by atoms with Gasteiger partial charge in [-0.25, -0.2) is 0 Å². The van der Waals surface area contributed by atoms with Gasteiger partial charge in [0.2, 0.25) is 5.91 Å². The van der Waals surface area contributed by atoms with E-state index in [1.165, 1.54) is 0 Å². The lowest BCUT2D eigenvalue weighted by Gasteiger charge is -2.23. The van der Waals surface area contributed by atoms with Gasteiger partial charge in [-0.05, 0) is 24.6 Å². The standard InChI is InChI=1S/C10H10BrNOS/c1-10(12-9(13)6-14-10)7-2-4-8(11)5-3-7/h2-5H,6H2,1H3,(H,12,13)/t10-/m1/s1. The van der Waals surface area contributed by atoms with Gasteiger partial charge in [-0.2, -0.15) is 0 Å². The molecule has 1 aliphatic rings. The zero-order chi connectivity index (χ0) is 10.2. The van der Waals surface area contributed by atoms with Crippen molar-refractivity contribution in [3.05, 3.63) is 34.3 Å². The molecule has 4 heteroatoms. The summed E-state index contributed by atoms with van der Waals surface area (Å²) >= 11 is 5.03. The first-order chi connectivity index (χ1) is 6.60. The van der Waals surface area contributed by atoms with E-state index >= 15 is 0 Å². The van der Waals surface area contributed by atoms with E-state index in [0.717, 1.165) is 10.0 Å². The molecule has 0 spiro atoms. The van der Waals surface area contributed by atoms with E-state index in [9.17, 15) is 4.79 Å². The van der Waals surface area contributed by atoms with Crippen LogP contribution in [0.4, 0.5) is 0 Å². The van der Waals surface area contributed by atoms with E-state index in [4.69, 9.17) is 0 Å². The van der Waals surface area contributed by atoms with Crippen molar-refractivity contribution in [1.29, 1.82) is 0 Å². The van der Waals surface area contributed by atoms with Crippen LogP contribution in [0.5, 0.6) is 0 Å². The van der Waals surface area contributed by atoms with E-state index < -0.39 is 0 Å². The van der Waals surface area contributed by atoms with Gasteiger partial charge < -0.3 is 5.32 Å². The predicted octanol–water partition coefficient (Wildman–Crippen LogP) is 2.48. The van der Waals surface area contributed by atoms with Crippen LogP contribution in [0.25, 0.3) is 0 Å². The van der Waals surface area contributed by atoms with Crippen LogP contribution in [0.15, 0.2) is 28.7 Å². The SMILES string of the molecule is C[C@@]1(c2ccc(Br)cc2)NC(=O)CS1. The van der Waals surface area contributed by atoms with Crippen LogP contribution in [0, 0.1) is 0 Å². The van der Waals surface area contributed by atoms with Crippen molar-refractivity contribution in [2.45, 2.75) is 11.8 Å². The highest BCUT2D eigenvalue weighted by Gasteiger charge is 2.35. The Balaban J connectivity index is 2.30. The fourth-order valence-electron chi connectivity index (χ4n) is 1.47. The molecule has 1 aliphatic heterocycles. The molecule has 0 aliphatic carbocycles.